The molecule has 0 atom stereocenters. The average molecular weight is 308 g/mol. The van der Waals surface area contributed by atoms with Gasteiger partial charge in [-0.25, -0.2) is 8.42 Å². The monoisotopic (exact) mass is 307 g/mol. The van der Waals surface area contributed by atoms with Crippen molar-refractivity contribution in [1.29, 1.82) is 0 Å². The van der Waals surface area contributed by atoms with Crippen molar-refractivity contribution in [3.05, 3.63) is 28.8 Å². The van der Waals surface area contributed by atoms with Gasteiger partial charge < -0.3 is 5.11 Å². The van der Waals surface area contributed by atoms with E-state index in [1.54, 1.807) is 11.8 Å². The van der Waals surface area contributed by atoms with Gasteiger partial charge in [0.1, 0.15) is 0 Å². The summed E-state index contributed by atoms with van der Waals surface area (Å²) in [5, 5.41) is 9.50. The predicted molar refractivity (Wildman–Crippen MR) is 73.5 cm³/mol. The minimum atomic E-state index is -3.46. The highest BCUT2D eigenvalue weighted by atomic mass is 35.5. The van der Waals surface area contributed by atoms with Gasteiger partial charge in [0, 0.05) is 29.6 Å². The number of aliphatic hydroxyl groups is 1. The largest absolute Gasteiger partial charge is 0.392 e. The van der Waals surface area contributed by atoms with E-state index in [0.29, 0.717) is 23.7 Å². The van der Waals surface area contributed by atoms with Gasteiger partial charge in [0.2, 0.25) is 10.0 Å². The maximum Gasteiger partial charge on any atom is 0.243 e. The van der Waals surface area contributed by atoms with Crippen LogP contribution in [0, 0.1) is 0 Å². The van der Waals surface area contributed by atoms with Crippen molar-refractivity contribution in [2.75, 3.05) is 24.6 Å². The molecule has 0 radical (unpaired) electrons. The third kappa shape index (κ3) is 2.83. The second kappa shape index (κ2) is 5.79. The van der Waals surface area contributed by atoms with E-state index in [2.05, 4.69) is 0 Å². The van der Waals surface area contributed by atoms with Crippen LogP contribution in [0.4, 0.5) is 0 Å². The number of sulfonamides is 1. The van der Waals surface area contributed by atoms with Crippen molar-refractivity contribution < 1.29 is 13.5 Å². The number of halogens is 1. The molecule has 1 aliphatic heterocycles. The first-order valence-corrected chi connectivity index (χ1v) is 8.50. The van der Waals surface area contributed by atoms with Gasteiger partial charge in [-0.1, -0.05) is 11.6 Å². The van der Waals surface area contributed by atoms with Crippen LogP contribution in [0.1, 0.15) is 5.56 Å². The Balaban J connectivity index is 2.34. The molecule has 1 aromatic rings. The molecular formula is C11H14ClNO3S2. The van der Waals surface area contributed by atoms with Crippen molar-refractivity contribution in [2.45, 2.75) is 11.5 Å². The summed E-state index contributed by atoms with van der Waals surface area (Å²) in [6.07, 6.45) is 0. The topological polar surface area (TPSA) is 57.6 Å². The van der Waals surface area contributed by atoms with E-state index in [4.69, 9.17) is 16.7 Å². The zero-order chi connectivity index (χ0) is 13.2. The highest BCUT2D eigenvalue weighted by molar-refractivity contribution is 7.99. The molecule has 1 fully saturated rings. The van der Waals surface area contributed by atoms with Crippen LogP contribution in [0.2, 0.25) is 5.02 Å². The highest BCUT2D eigenvalue weighted by Crippen LogP contribution is 2.24. The van der Waals surface area contributed by atoms with Crippen molar-refractivity contribution in [3.8, 4) is 0 Å². The molecular weight excluding hydrogens is 294 g/mol. The van der Waals surface area contributed by atoms with Crippen molar-refractivity contribution in [2.24, 2.45) is 0 Å². The lowest BCUT2D eigenvalue weighted by atomic mass is 10.2. The van der Waals surface area contributed by atoms with E-state index < -0.39 is 10.0 Å². The Kier molecular flexibility index (Phi) is 4.55. The van der Waals surface area contributed by atoms with Crippen molar-refractivity contribution in [3.63, 3.8) is 0 Å². The summed E-state index contributed by atoms with van der Waals surface area (Å²) in [6.45, 7) is 0.798. The number of hydrogen-bond donors (Lipinski definition) is 1. The highest BCUT2D eigenvalue weighted by Gasteiger charge is 2.26. The molecule has 0 aliphatic carbocycles. The Morgan fingerprint density at radius 1 is 1.33 bits per heavy atom. The van der Waals surface area contributed by atoms with Crippen LogP contribution in [0.25, 0.3) is 0 Å². The summed E-state index contributed by atoms with van der Waals surface area (Å²) in [7, 11) is -3.46. The zero-order valence-electron chi connectivity index (χ0n) is 9.67. The molecule has 18 heavy (non-hydrogen) atoms. The summed E-state index contributed by atoms with van der Waals surface area (Å²) < 4.78 is 26.2. The number of hydrogen-bond acceptors (Lipinski definition) is 4. The Morgan fingerprint density at radius 3 is 2.61 bits per heavy atom. The van der Waals surface area contributed by atoms with E-state index in [1.165, 1.54) is 22.5 Å². The van der Waals surface area contributed by atoms with Gasteiger partial charge in [-0.15, -0.1) is 0 Å². The molecule has 1 heterocycles. The maximum absolute atomic E-state index is 12.4. The number of thioether (sulfide) groups is 1. The van der Waals surface area contributed by atoms with Crippen molar-refractivity contribution in [1.82, 2.24) is 4.31 Å². The van der Waals surface area contributed by atoms with Crippen LogP contribution in [-0.4, -0.2) is 42.4 Å². The third-order valence-electron chi connectivity index (χ3n) is 2.80. The number of nitrogens with zero attached hydrogens (tertiary/aromatic N) is 1. The maximum atomic E-state index is 12.4. The van der Waals surface area contributed by atoms with Gasteiger partial charge in [0.15, 0.2) is 0 Å². The fourth-order valence-corrected chi connectivity index (χ4v) is 4.57. The first-order chi connectivity index (χ1) is 8.55. The standard InChI is InChI=1S/C11H14ClNO3S2/c12-11-2-1-10(7-9(11)8-14)18(15,16)13-3-5-17-6-4-13/h1-2,7,14H,3-6,8H2. The van der Waals surface area contributed by atoms with E-state index in [9.17, 15) is 8.42 Å². The summed E-state index contributed by atoms with van der Waals surface area (Å²) in [6, 6.07) is 4.44. The minimum Gasteiger partial charge on any atom is -0.392 e. The smallest absolute Gasteiger partial charge is 0.243 e. The summed E-state index contributed by atoms with van der Waals surface area (Å²) >= 11 is 7.61. The fraction of sp³-hybridized carbons (Fsp3) is 0.455. The third-order valence-corrected chi connectivity index (χ3v) is 6.00. The van der Waals surface area contributed by atoms with E-state index in [0.717, 1.165) is 11.5 Å². The molecule has 4 nitrogen and oxygen atoms in total. The molecule has 2 rings (SSSR count). The quantitative estimate of drug-likeness (QED) is 0.921. The first-order valence-electron chi connectivity index (χ1n) is 5.53. The van der Waals surface area contributed by atoms with Gasteiger partial charge >= 0.3 is 0 Å². The van der Waals surface area contributed by atoms with Gasteiger partial charge in [-0.05, 0) is 23.8 Å². The second-order valence-corrected chi connectivity index (χ2v) is 7.50. The van der Waals surface area contributed by atoms with Crippen LogP contribution in [-0.2, 0) is 16.6 Å². The Morgan fingerprint density at radius 2 is 2.00 bits per heavy atom. The van der Waals surface area contributed by atoms with Gasteiger partial charge in [-0.3, -0.25) is 0 Å². The minimum absolute atomic E-state index is 0.197. The molecule has 1 saturated heterocycles. The molecule has 1 N–H and O–H groups in total. The molecule has 7 heteroatoms. The summed E-state index contributed by atoms with van der Waals surface area (Å²) in [4.78, 5) is 0.197. The lowest BCUT2D eigenvalue weighted by molar-refractivity contribution is 0.281. The number of benzene rings is 1. The average Bonchev–Trinajstić information content (AvgIpc) is 2.40. The fourth-order valence-electron chi connectivity index (χ4n) is 1.77. The van der Waals surface area contributed by atoms with Crippen LogP contribution in [0.3, 0.4) is 0 Å². The van der Waals surface area contributed by atoms with Crippen LogP contribution in [0.15, 0.2) is 23.1 Å². The molecule has 0 bridgehead atoms. The summed E-state index contributed by atoms with van der Waals surface area (Å²) in [5.41, 5.74) is 0.434. The molecule has 0 amide bonds. The van der Waals surface area contributed by atoms with Crippen LogP contribution >= 0.6 is 23.4 Å². The molecule has 0 unspecified atom stereocenters. The lowest BCUT2D eigenvalue weighted by Gasteiger charge is -2.25. The molecule has 1 aromatic carbocycles. The number of rotatable bonds is 3. The van der Waals surface area contributed by atoms with Gasteiger partial charge in [0.05, 0.1) is 11.5 Å². The Hall–Kier alpha value is -0.270. The van der Waals surface area contributed by atoms with E-state index in [-0.39, 0.29) is 11.5 Å². The summed E-state index contributed by atoms with van der Waals surface area (Å²) in [5.74, 6) is 1.64. The van der Waals surface area contributed by atoms with Gasteiger partial charge in [-0.2, -0.15) is 16.1 Å². The molecule has 0 saturated carbocycles. The predicted octanol–water partition coefficient (Wildman–Crippen LogP) is 1.57. The lowest BCUT2D eigenvalue weighted by Crippen LogP contribution is -2.37. The first kappa shape index (κ1) is 14.1. The molecule has 0 aromatic heterocycles. The SMILES string of the molecule is O=S(=O)(c1ccc(Cl)c(CO)c1)N1CCSCC1. The van der Waals surface area contributed by atoms with E-state index >= 15 is 0 Å². The second-order valence-electron chi connectivity index (χ2n) is 3.93. The molecule has 0 spiro atoms. The van der Waals surface area contributed by atoms with E-state index in [1.807, 2.05) is 0 Å². The van der Waals surface area contributed by atoms with Crippen LogP contribution in [0.5, 0.6) is 0 Å². The number of aliphatic hydroxyl groups excluding tert-OH is 1. The van der Waals surface area contributed by atoms with Crippen LogP contribution < -0.4 is 0 Å². The Labute approximate surface area is 116 Å². The Bertz CT molecular complexity index is 527. The van der Waals surface area contributed by atoms with Gasteiger partial charge in [0.25, 0.3) is 0 Å². The molecule has 100 valence electrons. The van der Waals surface area contributed by atoms with Crippen molar-refractivity contribution >= 4 is 33.4 Å². The molecule has 1 aliphatic rings. The zero-order valence-corrected chi connectivity index (χ0v) is 12.1. The normalized spacial score (nSPS) is 17.9.